The minimum absolute atomic E-state index is 0.00613. The molecule has 122 valence electrons. The second-order valence-electron chi connectivity index (χ2n) is 6.03. The quantitative estimate of drug-likeness (QED) is 0.825. The van der Waals surface area contributed by atoms with Gasteiger partial charge in [-0.2, -0.15) is 11.8 Å². The van der Waals surface area contributed by atoms with Crippen LogP contribution >= 0.6 is 11.8 Å². The maximum Gasteiger partial charge on any atom is 0.253 e. The van der Waals surface area contributed by atoms with Gasteiger partial charge >= 0.3 is 0 Å². The van der Waals surface area contributed by atoms with Crippen molar-refractivity contribution in [2.45, 2.75) is 18.6 Å². The Bertz CT molecular complexity index is 609. The van der Waals surface area contributed by atoms with E-state index in [1.165, 1.54) is 5.56 Å². The summed E-state index contributed by atoms with van der Waals surface area (Å²) in [6.45, 7) is 0. The molecule has 1 aliphatic heterocycles. The van der Waals surface area contributed by atoms with Crippen LogP contribution in [0.4, 0.5) is 0 Å². The van der Waals surface area contributed by atoms with Crippen LogP contribution in [0, 0.1) is 5.92 Å². The first-order chi connectivity index (χ1) is 10.4. The Morgan fingerprint density at radius 1 is 1.27 bits per heavy atom. The third-order valence-corrected chi connectivity index (χ3v) is 6.92. The number of carbonyl (C=O) groups is 1. The summed E-state index contributed by atoms with van der Waals surface area (Å²) >= 11 is 1.77. The lowest BCUT2D eigenvalue weighted by Crippen LogP contribution is -2.26. The number of benzene rings is 1. The van der Waals surface area contributed by atoms with Crippen LogP contribution < -0.4 is 0 Å². The Morgan fingerprint density at radius 2 is 1.95 bits per heavy atom. The van der Waals surface area contributed by atoms with Crippen LogP contribution in [0.2, 0.25) is 0 Å². The fraction of sp³-hybridized carbons (Fsp3) is 0.562. The highest BCUT2D eigenvalue weighted by Crippen LogP contribution is 2.24. The maximum absolute atomic E-state index is 11.8. The Balaban J connectivity index is 1.81. The minimum Gasteiger partial charge on any atom is -0.345 e. The molecule has 0 spiro atoms. The van der Waals surface area contributed by atoms with Gasteiger partial charge in [0.2, 0.25) is 0 Å². The highest BCUT2D eigenvalue weighted by molar-refractivity contribution is 7.98. The van der Waals surface area contributed by atoms with Gasteiger partial charge in [0.25, 0.3) is 5.91 Å². The fourth-order valence-corrected chi connectivity index (χ4v) is 5.68. The summed E-state index contributed by atoms with van der Waals surface area (Å²) < 4.78 is 23.2. The van der Waals surface area contributed by atoms with Crippen molar-refractivity contribution in [1.82, 2.24) is 4.90 Å². The topological polar surface area (TPSA) is 54.5 Å². The number of rotatable bonds is 5. The Kier molecular flexibility index (Phi) is 5.92. The number of nitrogens with zero attached hydrogens (tertiary/aromatic N) is 1. The summed E-state index contributed by atoms with van der Waals surface area (Å²) in [4.78, 5) is 13.4. The van der Waals surface area contributed by atoms with Crippen molar-refractivity contribution in [1.29, 1.82) is 0 Å². The molecule has 1 aromatic carbocycles. The van der Waals surface area contributed by atoms with Crippen LogP contribution in [-0.4, -0.2) is 50.6 Å². The monoisotopic (exact) mass is 341 g/mol. The zero-order valence-corrected chi connectivity index (χ0v) is 14.8. The van der Waals surface area contributed by atoms with E-state index in [1.807, 2.05) is 24.3 Å². The third kappa shape index (κ3) is 5.02. The van der Waals surface area contributed by atoms with E-state index in [0.717, 1.165) is 24.3 Å². The molecule has 0 saturated carbocycles. The largest absolute Gasteiger partial charge is 0.345 e. The number of sulfone groups is 1. The Labute approximate surface area is 137 Å². The predicted molar refractivity (Wildman–Crippen MR) is 92.0 cm³/mol. The second kappa shape index (κ2) is 7.51. The molecule has 1 fully saturated rings. The highest BCUT2D eigenvalue weighted by Gasteiger charge is 2.24. The van der Waals surface area contributed by atoms with Gasteiger partial charge in [0.05, 0.1) is 11.5 Å². The average molecular weight is 341 g/mol. The van der Waals surface area contributed by atoms with Gasteiger partial charge in [0.15, 0.2) is 9.84 Å². The minimum atomic E-state index is -2.81. The van der Waals surface area contributed by atoms with Gasteiger partial charge in [-0.05, 0) is 42.2 Å². The van der Waals surface area contributed by atoms with Crippen molar-refractivity contribution >= 4 is 27.5 Å². The maximum atomic E-state index is 11.8. The molecular weight excluding hydrogens is 318 g/mol. The lowest BCUT2D eigenvalue weighted by atomic mass is 10.1. The van der Waals surface area contributed by atoms with Crippen molar-refractivity contribution in [3.8, 4) is 0 Å². The molecular formula is C16H23NO3S2. The van der Waals surface area contributed by atoms with E-state index >= 15 is 0 Å². The molecule has 22 heavy (non-hydrogen) atoms. The third-order valence-electron chi connectivity index (χ3n) is 3.79. The van der Waals surface area contributed by atoms with E-state index in [-0.39, 0.29) is 5.91 Å². The normalized spacial score (nSPS) is 20.5. The molecule has 1 atom stereocenters. The van der Waals surface area contributed by atoms with Crippen molar-refractivity contribution in [3.05, 3.63) is 35.4 Å². The van der Waals surface area contributed by atoms with E-state index in [2.05, 4.69) is 0 Å². The van der Waals surface area contributed by atoms with Gasteiger partial charge in [0.1, 0.15) is 0 Å². The van der Waals surface area contributed by atoms with Crippen molar-refractivity contribution < 1.29 is 13.2 Å². The molecule has 0 N–H and O–H groups in total. The van der Waals surface area contributed by atoms with Gasteiger partial charge in [-0.15, -0.1) is 0 Å². The van der Waals surface area contributed by atoms with Gasteiger partial charge in [-0.25, -0.2) is 8.42 Å². The Hall–Kier alpha value is -1.01. The lowest BCUT2D eigenvalue weighted by molar-refractivity contribution is 0.0827. The van der Waals surface area contributed by atoms with Crippen molar-refractivity contribution in [2.75, 3.05) is 31.4 Å². The van der Waals surface area contributed by atoms with Crippen molar-refractivity contribution in [3.63, 3.8) is 0 Å². The lowest BCUT2D eigenvalue weighted by Gasteiger charge is -2.21. The molecule has 0 aliphatic carbocycles. The summed E-state index contributed by atoms with van der Waals surface area (Å²) in [5.41, 5.74) is 1.86. The summed E-state index contributed by atoms with van der Waals surface area (Å²) in [5, 5.41) is 0. The summed E-state index contributed by atoms with van der Waals surface area (Å²) in [6, 6.07) is 7.65. The second-order valence-corrected chi connectivity index (χ2v) is 9.29. The SMILES string of the molecule is CN(C)C(=O)c1ccc(CSC[C@@H]2CCCS(=O)(=O)C2)cc1. The first kappa shape index (κ1) is 17.3. The van der Waals surface area contributed by atoms with Crippen LogP contribution in [0.3, 0.4) is 0 Å². The molecule has 1 aliphatic rings. The number of hydrogen-bond acceptors (Lipinski definition) is 4. The smallest absolute Gasteiger partial charge is 0.253 e. The molecule has 2 rings (SSSR count). The molecule has 1 saturated heterocycles. The molecule has 1 aromatic rings. The van der Waals surface area contributed by atoms with Crippen LogP contribution in [-0.2, 0) is 15.6 Å². The summed E-state index contributed by atoms with van der Waals surface area (Å²) in [6.07, 6.45) is 1.82. The molecule has 0 bridgehead atoms. The molecule has 1 amide bonds. The molecule has 0 aromatic heterocycles. The van der Waals surface area contributed by atoms with Gasteiger partial charge in [-0.3, -0.25) is 4.79 Å². The Morgan fingerprint density at radius 3 is 2.55 bits per heavy atom. The molecule has 0 unspecified atom stereocenters. The average Bonchev–Trinajstić information content (AvgIpc) is 2.46. The van der Waals surface area contributed by atoms with E-state index in [1.54, 1.807) is 30.8 Å². The fourth-order valence-electron chi connectivity index (χ4n) is 2.59. The van der Waals surface area contributed by atoms with Gasteiger partial charge in [0, 0.05) is 25.4 Å². The number of hydrogen-bond donors (Lipinski definition) is 0. The summed E-state index contributed by atoms with van der Waals surface area (Å²) in [7, 11) is 0.675. The molecule has 1 heterocycles. The van der Waals surface area contributed by atoms with Gasteiger partial charge in [-0.1, -0.05) is 12.1 Å². The van der Waals surface area contributed by atoms with E-state index in [9.17, 15) is 13.2 Å². The number of thioether (sulfide) groups is 1. The highest BCUT2D eigenvalue weighted by atomic mass is 32.2. The first-order valence-corrected chi connectivity index (χ1v) is 10.4. The van der Waals surface area contributed by atoms with E-state index in [4.69, 9.17) is 0 Å². The number of carbonyl (C=O) groups excluding carboxylic acids is 1. The standard InChI is InChI=1S/C16H23NO3S2/c1-17(2)16(18)15-7-5-13(6-8-15)10-21-11-14-4-3-9-22(19,20)12-14/h5-8,14H,3-4,9-12H2,1-2H3/t14-/m0/s1. The number of amides is 1. The summed E-state index contributed by atoms with van der Waals surface area (Å²) in [5.74, 6) is 2.74. The van der Waals surface area contributed by atoms with Crippen LogP contribution in [0.1, 0.15) is 28.8 Å². The van der Waals surface area contributed by atoms with E-state index < -0.39 is 9.84 Å². The zero-order valence-electron chi connectivity index (χ0n) is 13.1. The van der Waals surface area contributed by atoms with Crippen LogP contribution in [0.25, 0.3) is 0 Å². The molecule has 6 heteroatoms. The van der Waals surface area contributed by atoms with Gasteiger partial charge < -0.3 is 4.90 Å². The molecule has 4 nitrogen and oxygen atoms in total. The van der Waals surface area contributed by atoms with Crippen LogP contribution in [0.5, 0.6) is 0 Å². The predicted octanol–water partition coefficient (Wildman–Crippen LogP) is 2.45. The van der Waals surface area contributed by atoms with Crippen LogP contribution in [0.15, 0.2) is 24.3 Å². The van der Waals surface area contributed by atoms with Crippen molar-refractivity contribution in [2.24, 2.45) is 5.92 Å². The molecule has 0 radical (unpaired) electrons. The van der Waals surface area contributed by atoms with E-state index in [0.29, 0.717) is 23.0 Å². The zero-order chi connectivity index (χ0) is 16.2. The first-order valence-electron chi connectivity index (χ1n) is 7.46.